The quantitative estimate of drug-likeness (QED) is 0.515. The Kier molecular flexibility index (Phi) is 1.18. The van der Waals surface area contributed by atoms with Crippen LogP contribution >= 0.6 is 22.7 Å². The number of aromatic nitrogens is 1. The first-order chi connectivity index (χ1) is 5.88. The maximum absolute atomic E-state index is 2.28. The average Bonchev–Trinajstić information content (AvgIpc) is 2.72. The second-order valence-corrected chi connectivity index (χ2v) is 4.63. The van der Waals surface area contributed by atoms with E-state index in [1.54, 1.807) is 0 Å². The minimum absolute atomic E-state index is 1.39. The van der Waals surface area contributed by atoms with Crippen molar-refractivity contribution < 1.29 is 0 Å². The molecule has 0 saturated carbocycles. The minimum Gasteiger partial charge on any atom is -0.327 e. The third-order valence-corrected chi connectivity index (χ3v) is 4.17. The molecular weight excluding hydrogens is 186 g/mol. The van der Waals surface area contributed by atoms with Gasteiger partial charge in [-0.15, -0.1) is 22.7 Å². The molecule has 0 bridgehead atoms. The van der Waals surface area contributed by atoms with Crippen molar-refractivity contribution in [3.63, 3.8) is 0 Å². The van der Waals surface area contributed by atoms with Crippen LogP contribution in [0.25, 0.3) is 20.4 Å². The van der Waals surface area contributed by atoms with Gasteiger partial charge in [-0.05, 0) is 22.9 Å². The molecule has 3 aromatic rings. The second-order valence-electron chi connectivity index (χ2n) is 2.84. The van der Waals surface area contributed by atoms with E-state index < -0.39 is 0 Å². The Morgan fingerprint density at radius 1 is 1.00 bits per heavy atom. The van der Waals surface area contributed by atoms with Crippen molar-refractivity contribution in [1.82, 2.24) is 4.57 Å². The van der Waals surface area contributed by atoms with Crippen LogP contribution in [0.3, 0.4) is 0 Å². The lowest BCUT2D eigenvalue weighted by molar-refractivity contribution is 1.03. The van der Waals surface area contributed by atoms with Crippen LogP contribution in [0.1, 0.15) is 0 Å². The topological polar surface area (TPSA) is 4.93 Å². The lowest BCUT2D eigenvalue weighted by Crippen LogP contribution is -1.80. The molecule has 0 saturated heterocycles. The number of hydrogen-bond acceptors (Lipinski definition) is 2. The summed E-state index contributed by atoms with van der Waals surface area (Å²) in [6, 6.07) is 4.41. The maximum Gasteiger partial charge on any atom is 0.104 e. The van der Waals surface area contributed by atoms with Crippen molar-refractivity contribution >= 4 is 43.1 Å². The number of fused-ring (bicyclic) bond motifs is 3. The Bertz CT molecular complexity index is 493. The van der Waals surface area contributed by atoms with Gasteiger partial charge >= 0.3 is 0 Å². The summed E-state index contributed by atoms with van der Waals surface area (Å²) in [5, 5.41) is 7.11. The molecule has 0 aliphatic carbocycles. The van der Waals surface area contributed by atoms with E-state index in [1.807, 2.05) is 22.7 Å². The number of aryl methyl sites for hydroxylation is 1. The Morgan fingerprint density at radius 3 is 2.00 bits per heavy atom. The summed E-state index contributed by atoms with van der Waals surface area (Å²) in [7, 11) is 2.14. The molecule has 0 radical (unpaired) electrons. The molecule has 0 aromatic carbocycles. The summed E-state index contributed by atoms with van der Waals surface area (Å²) in [5.41, 5.74) is 0. The summed E-state index contributed by atoms with van der Waals surface area (Å²) in [6.07, 6.45) is 0. The Hall–Kier alpha value is -0.800. The molecule has 12 heavy (non-hydrogen) atoms. The van der Waals surface area contributed by atoms with Crippen LogP contribution in [0.5, 0.6) is 0 Å². The fraction of sp³-hybridized carbons (Fsp3) is 0.111. The van der Waals surface area contributed by atoms with E-state index in [0.717, 1.165) is 0 Å². The van der Waals surface area contributed by atoms with Crippen molar-refractivity contribution in [1.29, 1.82) is 0 Å². The van der Waals surface area contributed by atoms with E-state index in [-0.39, 0.29) is 0 Å². The first-order valence-corrected chi connectivity index (χ1v) is 5.53. The predicted octanol–water partition coefficient (Wildman–Crippen LogP) is 3.45. The molecule has 1 nitrogen and oxygen atoms in total. The van der Waals surface area contributed by atoms with E-state index in [9.17, 15) is 0 Å². The van der Waals surface area contributed by atoms with Gasteiger partial charge in [-0.3, -0.25) is 0 Å². The lowest BCUT2D eigenvalue weighted by Gasteiger charge is -1.89. The van der Waals surface area contributed by atoms with Crippen LogP contribution in [0.2, 0.25) is 0 Å². The van der Waals surface area contributed by atoms with Crippen LogP contribution < -0.4 is 0 Å². The average molecular weight is 193 g/mol. The molecule has 3 heterocycles. The monoisotopic (exact) mass is 193 g/mol. The van der Waals surface area contributed by atoms with Gasteiger partial charge in [0.25, 0.3) is 0 Å². The maximum atomic E-state index is 2.28. The Balaban J connectivity index is 2.76. The van der Waals surface area contributed by atoms with Gasteiger partial charge in [-0.25, -0.2) is 0 Å². The molecule has 0 aliphatic rings. The molecule has 0 N–H and O–H groups in total. The van der Waals surface area contributed by atoms with Gasteiger partial charge in [0, 0.05) is 17.8 Å². The SMILES string of the molecule is Cn1c2sccc2c2ccsc21. The highest BCUT2D eigenvalue weighted by molar-refractivity contribution is 7.19. The fourth-order valence-corrected chi connectivity index (χ4v) is 3.46. The Labute approximate surface area is 77.9 Å². The predicted molar refractivity (Wildman–Crippen MR) is 56.2 cm³/mol. The molecule has 3 aromatic heterocycles. The molecule has 0 unspecified atom stereocenters. The van der Waals surface area contributed by atoms with E-state index in [2.05, 4.69) is 34.5 Å². The highest BCUT2D eigenvalue weighted by atomic mass is 32.1. The molecule has 3 rings (SSSR count). The minimum atomic E-state index is 1.39. The van der Waals surface area contributed by atoms with Crippen molar-refractivity contribution in [2.24, 2.45) is 7.05 Å². The van der Waals surface area contributed by atoms with Crippen LogP contribution in [-0.2, 0) is 7.05 Å². The molecule has 0 fully saturated rings. The number of rotatable bonds is 0. The smallest absolute Gasteiger partial charge is 0.104 e. The van der Waals surface area contributed by atoms with Crippen LogP contribution in [-0.4, -0.2) is 4.57 Å². The molecule has 3 heteroatoms. The first-order valence-electron chi connectivity index (χ1n) is 3.77. The zero-order valence-corrected chi connectivity index (χ0v) is 8.21. The molecule has 0 spiro atoms. The van der Waals surface area contributed by atoms with Gasteiger partial charge in [0.2, 0.25) is 0 Å². The summed E-state index contributed by atoms with van der Waals surface area (Å²) in [6.45, 7) is 0. The zero-order valence-electron chi connectivity index (χ0n) is 6.57. The van der Waals surface area contributed by atoms with Crippen molar-refractivity contribution in [3.8, 4) is 0 Å². The molecule has 0 aliphatic heterocycles. The number of nitrogens with zero attached hydrogens (tertiary/aromatic N) is 1. The summed E-state index contributed by atoms with van der Waals surface area (Å²) >= 11 is 3.63. The van der Waals surface area contributed by atoms with Gasteiger partial charge in [0.05, 0.1) is 0 Å². The largest absolute Gasteiger partial charge is 0.327 e. The van der Waals surface area contributed by atoms with Crippen molar-refractivity contribution in [3.05, 3.63) is 22.9 Å². The molecular formula is C9H7NS2. The molecule has 0 amide bonds. The van der Waals surface area contributed by atoms with E-state index in [4.69, 9.17) is 0 Å². The van der Waals surface area contributed by atoms with Crippen molar-refractivity contribution in [2.45, 2.75) is 0 Å². The van der Waals surface area contributed by atoms with E-state index in [1.165, 1.54) is 20.4 Å². The lowest BCUT2D eigenvalue weighted by atomic mass is 10.3. The third kappa shape index (κ3) is 0.635. The third-order valence-electron chi connectivity index (χ3n) is 2.19. The summed E-state index contributed by atoms with van der Waals surface area (Å²) in [4.78, 5) is 2.77. The highest BCUT2D eigenvalue weighted by Gasteiger charge is 2.08. The van der Waals surface area contributed by atoms with Gasteiger partial charge in [0.1, 0.15) is 9.66 Å². The summed E-state index contributed by atoms with van der Waals surface area (Å²) in [5.74, 6) is 0. The van der Waals surface area contributed by atoms with Gasteiger partial charge in [-0.1, -0.05) is 0 Å². The van der Waals surface area contributed by atoms with E-state index in [0.29, 0.717) is 0 Å². The fourth-order valence-electron chi connectivity index (χ4n) is 1.62. The number of thiophene rings is 2. The van der Waals surface area contributed by atoms with Gasteiger partial charge in [-0.2, -0.15) is 0 Å². The van der Waals surface area contributed by atoms with E-state index >= 15 is 0 Å². The standard InChI is InChI=1S/C9H7NS2/c1-10-8-6(2-4-11-8)7-3-5-12-9(7)10/h2-5H,1H3. The van der Waals surface area contributed by atoms with Crippen LogP contribution in [0, 0.1) is 0 Å². The number of hydrogen-bond donors (Lipinski definition) is 0. The summed E-state index contributed by atoms with van der Waals surface area (Å²) < 4.78 is 2.28. The highest BCUT2D eigenvalue weighted by Crippen LogP contribution is 2.34. The van der Waals surface area contributed by atoms with Gasteiger partial charge in [0.15, 0.2) is 0 Å². The zero-order chi connectivity index (χ0) is 8.13. The first kappa shape index (κ1) is 6.69. The molecule has 0 atom stereocenters. The van der Waals surface area contributed by atoms with Crippen LogP contribution in [0.15, 0.2) is 22.9 Å². The Morgan fingerprint density at radius 2 is 1.50 bits per heavy atom. The van der Waals surface area contributed by atoms with Crippen molar-refractivity contribution in [2.75, 3.05) is 0 Å². The molecule has 60 valence electrons. The second kappa shape index (κ2) is 2.12. The van der Waals surface area contributed by atoms with Gasteiger partial charge < -0.3 is 4.57 Å². The van der Waals surface area contributed by atoms with Crippen LogP contribution in [0.4, 0.5) is 0 Å². The normalized spacial score (nSPS) is 11.8.